The highest BCUT2D eigenvalue weighted by Crippen LogP contribution is 2.30. The molecule has 0 atom stereocenters. The molecule has 0 unspecified atom stereocenters. The first-order chi connectivity index (χ1) is 21.6. The molecule has 4 aromatic carbocycles. The van der Waals surface area contributed by atoms with Crippen LogP contribution in [0, 0.1) is 6.92 Å². The van der Waals surface area contributed by atoms with Gasteiger partial charge in [-0.25, -0.2) is 0 Å². The summed E-state index contributed by atoms with van der Waals surface area (Å²) in [5, 5.41) is 18.7. The molecule has 0 aliphatic heterocycles. The van der Waals surface area contributed by atoms with Crippen LogP contribution in [-0.4, -0.2) is 45.5 Å². The number of fused-ring (bicyclic) bond motifs is 1. The topological polar surface area (TPSA) is 149 Å². The molecule has 0 saturated carbocycles. The van der Waals surface area contributed by atoms with E-state index in [4.69, 9.17) is 15.6 Å². The van der Waals surface area contributed by atoms with Crippen molar-refractivity contribution in [2.45, 2.75) is 19.8 Å². The fourth-order valence-corrected chi connectivity index (χ4v) is 4.93. The summed E-state index contributed by atoms with van der Waals surface area (Å²) in [7, 11) is 1.55. The van der Waals surface area contributed by atoms with Crippen molar-refractivity contribution >= 4 is 46.3 Å². The molecule has 45 heavy (non-hydrogen) atoms. The van der Waals surface area contributed by atoms with Crippen LogP contribution in [0.25, 0.3) is 17.0 Å². The van der Waals surface area contributed by atoms with E-state index in [1.165, 1.54) is 6.08 Å². The second kappa shape index (κ2) is 14.5. The van der Waals surface area contributed by atoms with Crippen LogP contribution in [0.3, 0.4) is 0 Å². The summed E-state index contributed by atoms with van der Waals surface area (Å²) in [5.41, 5.74) is 10.3. The number of carbonyl (C=O) groups excluding carboxylic acids is 2. The van der Waals surface area contributed by atoms with E-state index in [1.807, 2.05) is 36.4 Å². The van der Waals surface area contributed by atoms with Gasteiger partial charge < -0.3 is 20.7 Å². The molecule has 9 heteroatoms. The first-order valence-electron chi connectivity index (χ1n) is 14.0. The van der Waals surface area contributed by atoms with Crippen molar-refractivity contribution in [1.29, 1.82) is 0 Å². The van der Waals surface area contributed by atoms with Crippen LogP contribution in [0.2, 0.25) is 0 Å². The van der Waals surface area contributed by atoms with Gasteiger partial charge in [-0.05, 0) is 54.0 Å². The highest BCUT2D eigenvalue weighted by molar-refractivity contribution is 6.12. The minimum Gasteiger partial charge on any atom is -0.497 e. The van der Waals surface area contributed by atoms with Gasteiger partial charge in [-0.15, -0.1) is 0 Å². The summed E-state index contributed by atoms with van der Waals surface area (Å²) in [4.78, 5) is 47.1. The average Bonchev–Trinajstić information content (AvgIpc) is 3.31. The number of hydrogen-bond acceptors (Lipinski definition) is 6. The number of allylic oxidation sites excluding steroid dienone is 1. The third-order valence-corrected chi connectivity index (χ3v) is 7.13. The van der Waals surface area contributed by atoms with Gasteiger partial charge in [-0.2, -0.15) is 0 Å². The van der Waals surface area contributed by atoms with Crippen LogP contribution >= 0.6 is 0 Å². The molecule has 5 aromatic rings. The van der Waals surface area contributed by atoms with E-state index in [0.29, 0.717) is 44.6 Å². The van der Waals surface area contributed by atoms with E-state index in [2.05, 4.69) is 0 Å². The Morgan fingerprint density at radius 2 is 1.47 bits per heavy atom. The van der Waals surface area contributed by atoms with Crippen molar-refractivity contribution in [3.63, 3.8) is 0 Å². The van der Waals surface area contributed by atoms with E-state index in [9.17, 15) is 24.3 Å². The number of anilines is 1. The van der Waals surface area contributed by atoms with Crippen LogP contribution in [0.4, 0.5) is 5.69 Å². The van der Waals surface area contributed by atoms with Gasteiger partial charge in [0, 0.05) is 34.0 Å². The number of para-hydroxylation sites is 1. The van der Waals surface area contributed by atoms with Crippen molar-refractivity contribution in [2.24, 2.45) is 0 Å². The van der Waals surface area contributed by atoms with E-state index in [-0.39, 0.29) is 30.2 Å². The van der Waals surface area contributed by atoms with Gasteiger partial charge in [0.25, 0.3) is 5.91 Å². The number of ketones is 1. The molecule has 228 valence electrons. The van der Waals surface area contributed by atoms with Crippen molar-refractivity contribution in [1.82, 2.24) is 4.57 Å². The van der Waals surface area contributed by atoms with Crippen LogP contribution in [0.5, 0.6) is 5.75 Å². The van der Waals surface area contributed by atoms with Crippen LogP contribution in [-0.2, 0) is 22.4 Å². The number of methoxy groups -OCH3 is 1. The fraction of sp³-hybridized carbons (Fsp3) is 0.111. The third-order valence-electron chi connectivity index (χ3n) is 7.13. The molecule has 4 N–H and O–H groups in total. The first kappa shape index (κ1) is 32.0. The lowest BCUT2D eigenvalue weighted by Crippen LogP contribution is -2.10. The molecule has 0 saturated heterocycles. The number of carboxylic acids is 2. The summed E-state index contributed by atoms with van der Waals surface area (Å²) in [6.45, 7) is 1.76. The molecule has 1 aromatic heterocycles. The molecule has 0 bridgehead atoms. The zero-order valence-corrected chi connectivity index (χ0v) is 24.8. The normalized spacial score (nSPS) is 10.7. The quantitative estimate of drug-likeness (QED) is 0.104. The number of carbonyl (C=O) groups is 4. The highest BCUT2D eigenvalue weighted by atomic mass is 16.5. The van der Waals surface area contributed by atoms with E-state index >= 15 is 0 Å². The number of aromatic nitrogens is 1. The lowest BCUT2D eigenvalue weighted by atomic mass is 9.98. The average molecular weight is 605 g/mol. The van der Waals surface area contributed by atoms with Gasteiger partial charge in [0.1, 0.15) is 5.75 Å². The monoisotopic (exact) mass is 604 g/mol. The number of nitrogen functional groups attached to an aromatic ring is 1. The second-order valence-electron chi connectivity index (χ2n) is 10.1. The van der Waals surface area contributed by atoms with Gasteiger partial charge in [0.2, 0.25) is 0 Å². The Hall–Kier alpha value is -5.96. The molecule has 0 amide bonds. The predicted octanol–water partition coefficient (Wildman–Crippen LogP) is 6.07. The number of aliphatic carboxylic acids is 2. The number of rotatable bonds is 9. The number of carboxylic acid groups (broad SMARTS) is 2. The Morgan fingerprint density at radius 3 is 2.09 bits per heavy atom. The summed E-state index contributed by atoms with van der Waals surface area (Å²) in [6.07, 6.45) is 2.89. The van der Waals surface area contributed by atoms with Crippen molar-refractivity contribution in [2.75, 3.05) is 12.8 Å². The van der Waals surface area contributed by atoms with Crippen LogP contribution < -0.4 is 10.5 Å². The smallest absolute Gasteiger partial charge is 0.307 e. The van der Waals surface area contributed by atoms with E-state index in [0.717, 1.165) is 5.56 Å². The van der Waals surface area contributed by atoms with Gasteiger partial charge in [0.15, 0.2) is 5.78 Å². The molecule has 9 nitrogen and oxygen atoms in total. The molecule has 0 aliphatic carbocycles. The second-order valence-corrected chi connectivity index (χ2v) is 10.1. The van der Waals surface area contributed by atoms with Crippen LogP contribution in [0.1, 0.15) is 43.1 Å². The Kier molecular flexibility index (Phi) is 10.3. The van der Waals surface area contributed by atoms with Gasteiger partial charge in [0.05, 0.1) is 25.5 Å². The SMILES string of the molecule is COc1ccc2c(c1)c(CC(=O)O)c(C)n2C(=O)/C=C/c1ccccc1.Nc1c(CC(=O)O)cccc1C(=O)c1ccccc1. The minimum atomic E-state index is -0.976. The lowest BCUT2D eigenvalue weighted by Gasteiger charge is -2.09. The molecule has 0 spiro atoms. The standard InChI is InChI=1S/C21H19NO4.C15H13NO3/c1-14-17(13-21(24)25)18-12-16(26-2)9-10-19(18)22(14)20(23)11-8-15-6-4-3-5-7-15;16-14-11(9-13(17)18)7-4-8-12(14)15(19)10-5-2-1-3-6-10/h3-12H,13H2,1-2H3,(H,24,25);1-8H,9,16H2,(H,17,18)/b11-8+;. The lowest BCUT2D eigenvalue weighted by molar-refractivity contribution is -0.137. The summed E-state index contributed by atoms with van der Waals surface area (Å²) in [6, 6.07) is 28.5. The fourth-order valence-electron chi connectivity index (χ4n) is 4.93. The Balaban J connectivity index is 0.000000215. The van der Waals surface area contributed by atoms with Crippen molar-refractivity contribution in [3.8, 4) is 5.75 Å². The Morgan fingerprint density at radius 1 is 0.822 bits per heavy atom. The maximum Gasteiger partial charge on any atom is 0.307 e. The predicted molar refractivity (Wildman–Crippen MR) is 173 cm³/mol. The summed E-state index contributed by atoms with van der Waals surface area (Å²) >= 11 is 0. The van der Waals surface area contributed by atoms with Gasteiger partial charge in [-0.1, -0.05) is 72.8 Å². The summed E-state index contributed by atoms with van der Waals surface area (Å²) < 4.78 is 6.79. The number of hydrogen-bond donors (Lipinski definition) is 3. The zero-order valence-electron chi connectivity index (χ0n) is 24.8. The summed E-state index contributed by atoms with van der Waals surface area (Å²) in [5.74, 6) is -1.73. The van der Waals surface area contributed by atoms with E-state index < -0.39 is 11.9 Å². The first-order valence-corrected chi connectivity index (χ1v) is 14.0. The van der Waals surface area contributed by atoms with Crippen LogP contribution in [0.15, 0.2) is 103 Å². The van der Waals surface area contributed by atoms with E-state index in [1.54, 1.807) is 85.3 Å². The molecular weight excluding hydrogens is 572 g/mol. The molecular formula is C36H32N2O7. The number of nitrogens with zero attached hydrogens (tertiary/aromatic N) is 1. The molecule has 1 heterocycles. The zero-order chi connectivity index (χ0) is 32.5. The molecule has 0 aliphatic rings. The maximum absolute atomic E-state index is 12.8. The van der Waals surface area contributed by atoms with Crippen molar-refractivity contribution in [3.05, 3.63) is 137 Å². The number of nitrogens with two attached hydrogens (primary N) is 1. The molecule has 0 fully saturated rings. The van der Waals surface area contributed by atoms with Gasteiger partial charge >= 0.3 is 11.9 Å². The third kappa shape index (κ3) is 7.71. The largest absolute Gasteiger partial charge is 0.497 e. The Bertz CT molecular complexity index is 1890. The minimum absolute atomic E-state index is 0.155. The molecule has 0 radical (unpaired) electrons. The number of ether oxygens (including phenoxy) is 1. The Labute approximate surface area is 259 Å². The number of benzene rings is 4. The highest BCUT2D eigenvalue weighted by Gasteiger charge is 2.20. The van der Waals surface area contributed by atoms with Gasteiger partial charge in [-0.3, -0.25) is 23.7 Å². The van der Waals surface area contributed by atoms with Crippen molar-refractivity contribution < 1.29 is 34.1 Å². The maximum atomic E-state index is 12.8. The molecule has 5 rings (SSSR count).